The molecule has 0 bridgehead atoms. The zero-order chi connectivity index (χ0) is 12.1. The number of aromatic nitrogens is 1. The largest absolute Gasteiger partial charge is 0.473 e. The number of rotatable bonds is 3. The Morgan fingerprint density at radius 2 is 2.12 bits per heavy atom. The Hall–Kier alpha value is -2.05. The minimum Gasteiger partial charge on any atom is -0.473 e. The number of halogens is 1. The van der Waals surface area contributed by atoms with Crippen LogP contribution in [0.15, 0.2) is 42.6 Å². The van der Waals surface area contributed by atoms with Gasteiger partial charge in [0.25, 0.3) is 0 Å². The molecule has 1 aromatic heterocycles. The Bertz CT molecular complexity index is 563. The second kappa shape index (κ2) is 5.33. The fourth-order valence-electron chi connectivity index (χ4n) is 1.33. The van der Waals surface area contributed by atoms with Gasteiger partial charge in [-0.25, -0.2) is 4.98 Å². The topological polar surface area (TPSA) is 45.9 Å². The van der Waals surface area contributed by atoms with Gasteiger partial charge in [0.15, 0.2) is 0 Å². The molecule has 0 aliphatic heterocycles. The minimum atomic E-state index is 0.335. The average Bonchev–Trinajstić information content (AvgIpc) is 2.38. The molecule has 0 saturated heterocycles. The Labute approximate surface area is 104 Å². The normalized spacial score (nSPS) is 9.65. The van der Waals surface area contributed by atoms with Crippen LogP contribution in [0.1, 0.15) is 11.1 Å². The van der Waals surface area contributed by atoms with Gasteiger partial charge in [0.2, 0.25) is 5.88 Å². The van der Waals surface area contributed by atoms with Gasteiger partial charge in [-0.2, -0.15) is 5.26 Å². The fraction of sp³-hybridized carbons (Fsp3) is 0.0769. The van der Waals surface area contributed by atoms with Crippen molar-refractivity contribution in [3.05, 3.63) is 58.7 Å². The lowest BCUT2D eigenvalue weighted by Crippen LogP contribution is -1.98. The van der Waals surface area contributed by atoms with Crippen LogP contribution in [0.4, 0.5) is 0 Å². The van der Waals surface area contributed by atoms with Gasteiger partial charge in [-0.3, -0.25) is 0 Å². The van der Waals surface area contributed by atoms with Crippen molar-refractivity contribution in [3.8, 4) is 11.9 Å². The van der Waals surface area contributed by atoms with Crippen molar-refractivity contribution < 1.29 is 4.74 Å². The number of nitrogens with zero attached hydrogens (tertiary/aromatic N) is 2. The second-order valence-corrected chi connectivity index (χ2v) is 3.78. The standard InChI is InChI=1S/C13H9ClN2O/c14-12-4-2-1-3-11(12)9-17-13-7-10(8-15)5-6-16-13/h1-7H,9H2. The fourth-order valence-corrected chi connectivity index (χ4v) is 1.52. The molecule has 0 aliphatic carbocycles. The molecule has 0 aliphatic rings. The summed E-state index contributed by atoms with van der Waals surface area (Å²) in [7, 11) is 0. The number of hydrogen-bond acceptors (Lipinski definition) is 3. The summed E-state index contributed by atoms with van der Waals surface area (Å²) >= 11 is 6.00. The summed E-state index contributed by atoms with van der Waals surface area (Å²) in [4.78, 5) is 4.02. The maximum absolute atomic E-state index is 8.74. The third-order valence-corrected chi connectivity index (χ3v) is 2.57. The number of nitriles is 1. The number of ether oxygens (including phenoxy) is 1. The predicted octanol–water partition coefficient (Wildman–Crippen LogP) is 3.19. The van der Waals surface area contributed by atoms with Crippen LogP contribution in [0.5, 0.6) is 5.88 Å². The number of hydrogen-bond donors (Lipinski definition) is 0. The lowest BCUT2D eigenvalue weighted by molar-refractivity contribution is 0.294. The van der Waals surface area contributed by atoms with Crippen molar-refractivity contribution in [1.82, 2.24) is 4.98 Å². The summed E-state index contributed by atoms with van der Waals surface area (Å²) in [6.45, 7) is 0.335. The average molecular weight is 245 g/mol. The van der Waals surface area contributed by atoms with Crippen LogP contribution in [-0.2, 0) is 6.61 Å². The van der Waals surface area contributed by atoms with E-state index < -0.39 is 0 Å². The predicted molar refractivity (Wildman–Crippen MR) is 64.7 cm³/mol. The highest BCUT2D eigenvalue weighted by molar-refractivity contribution is 6.31. The van der Waals surface area contributed by atoms with E-state index in [0.717, 1.165) is 5.56 Å². The van der Waals surface area contributed by atoms with Gasteiger partial charge >= 0.3 is 0 Å². The summed E-state index contributed by atoms with van der Waals surface area (Å²) in [6, 6.07) is 12.7. The SMILES string of the molecule is N#Cc1ccnc(OCc2ccccc2Cl)c1. The molecular formula is C13H9ClN2O. The van der Waals surface area contributed by atoms with Crippen LogP contribution >= 0.6 is 11.6 Å². The van der Waals surface area contributed by atoms with E-state index in [9.17, 15) is 0 Å². The summed E-state index contributed by atoms with van der Waals surface area (Å²) in [6.07, 6.45) is 1.54. The van der Waals surface area contributed by atoms with Crippen LogP contribution in [-0.4, -0.2) is 4.98 Å². The van der Waals surface area contributed by atoms with E-state index in [4.69, 9.17) is 21.6 Å². The first-order valence-corrected chi connectivity index (χ1v) is 5.40. The van der Waals surface area contributed by atoms with Crippen molar-refractivity contribution >= 4 is 11.6 Å². The van der Waals surface area contributed by atoms with E-state index in [1.807, 2.05) is 24.3 Å². The van der Waals surface area contributed by atoms with Crippen molar-refractivity contribution in [3.63, 3.8) is 0 Å². The quantitative estimate of drug-likeness (QED) is 0.833. The highest BCUT2D eigenvalue weighted by Crippen LogP contribution is 2.17. The molecule has 17 heavy (non-hydrogen) atoms. The maximum Gasteiger partial charge on any atom is 0.214 e. The highest BCUT2D eigenvalue weighted by atomic mass is 35.5. The number of benzene rings is 1. The van der Waals surface area contributed by atoms with Crippen molar-refractivity contribution in [2.45, 2.75) is 6.61 Å². The van der Waals surface area contributed by atoms with Gasteiger partial charge in [-0.05, 0) is 12.1 Å². The first-order chi connectivity index (χ1) is 8.29. The molecule has 0 spiro atoms. The minimum absolute atomic E-state index is 0.335. The van der Waals surface area contributed by atoms with Crippen LogP contribution < -0.4 is 4.74 Å². The van der Waals surface area contributed by atoms with Crippen molar-refractivity contribution in [1.29, 1.82) is 5.26 Å². The third kappa shape index (κ3) is 2.96. The van der Waals surface area contributed by atoms with E-state index in [-0.39, 0.29) is 0 Å². The lowest BCUT2D eigenvalue weighted by Gasteiger charge is -2.06. The van der Waals surface area contributed by atoms with Gasteiger partial charge < -0.3 is 4.74 Å². The molecule has 0 atom stereocenters. The van der Waals surface area contributed by atoms with Crippen molar-refractivity contribution in [2.24, 2.45) is 0 Å². The van der Waals surface area contributed by atoms with Crippen LogP contribution in [0.25, 0.3) is 0 Å². The van der Waals surface area contributed by atoms with Crippen LogP contribution in [0.2, 0.25) is 5.02 Å². The Balaban J connectivity index is 2.08. The van der Waals surface area contributed by atoms with E-state index >= 15 is 0 Å². The van der Waals surface area contributed by atoms with Gasteiger partial charge in [-0.1, -0.05) is 29.8 Å². The summed E-state index contributed by atoms with van der Waals surface area (Å²) in [5.74, 6) is 0.420. The van der Waals surface area contributed by atoms with Crippen LogP contribution in [0.3, 0.4) is 0 Å². The van der Waals surface area contributed by atoms with Crippen molar-refractivity contribution in [2.75, 3.05) is 0 Å². The molecule has 84 valence electrons. The lowest BCUT2D eigenvalue weighted by atomic mass is 10.2. The first-order valence-electron chi connectivity index (χ1n) is 5.02. The third-order valence-electron chi connectivity index (χ3n) is 2.20. The molecule has 0 unspecified atom stereocenters. The Morgan fingerprint density at radius 1 is 1.29 bits per heavy atom. The Morgan fingerprint density at radius 3 is 2.88 bits per heavy atom. The number of pyridine rings is 1. The van der Waals surface area contributed by atoms with Gasteiger partial charge in [-0.15, -0.1) is 0 Å². The molecule has 2 rings (SSSR count). The summed E-state index contributed by atoms with van der Waals surface area (Å²) in [5, 5.41) is 9.39. The van der Waals surface area contributed by atoms with E-state index in [1.54, 1.807) is 24.4 Å². The smallest absolute Gasteiger partial charge is 0.214 e. The molecule has 0 N–H and O–H groups in total. The first kappa shape index (κ1) is 11.4. The maximum atomic E-state index is 8.74. The zero-order valence-electron chi connectivity index (χ0n) is 8.93. The molecule has 1 heterocycles. The molecule has 0 fully saturated rings. The van der Waals surface area contributed by atoms with Crippen LogP contribution in [0, 0.1) is 11.3 Å². The Kier molecular flexibility index (Phi) is 3.59. The van der Waals surface area contributed by atoms with Gasteiger partial charge in [0, 0.05) is 22.8 Å². The van der Waals surface area contributed by atoms with E-state index in [2.05, 4.69) is 4.98 Å². The monoisotopic (exact) mass is 244 g/mol. The molecule has 0 saturated carbocycles. The molecule has 0 radical (unpaired) electrons. The summed E-state index contributed by atoms with van der Waals surface area (Å²) < 4.78 is 5.47. The molecule has 3 nitrogen and oxygen atoms in total. The van der Waals surface area contributed by atoms with Gasteiger partial charge in [0.05, 0.1) is 11.6 Å². The molecule has 2 aromatic rings. The van der Waals surface area contributed by atoms with Gasteiger partial charge in [0.1, 0.15) is 6.61 Å². The second-order valence-electron chi connectivity index (χ2n) is 3.37. The van der Waals surface area contributed by atoms with E-state index in [0.29, 0.717) is 23.1 Å². The molecule has 4 heteroatoms. The molecule has 0 amide bonds. The zero-order valence-corrected chi connectivity index (χ0v) is 9.69. The highest BCUT2D eigenvalue weighted by Gasteiger charge is 2.01. The molecular weight excluding hydrogens is 236 g/mol. The van der Waals surface area contributed by atoms with E-state index in [1.165, 1.54) is 0 Å². The summed E-state index contributed by atoms with van der Waals surface area (Å²) in [5.41, 5.74) is 1.41. The molecule has 1 aromatic carbocycles.